The predicted octanol–water partition coefficient (Wildman–Crippen LogP) is 2.80. The number of nitro benzene ring substituents is 2. The molecule has 2 rings (SSSR count). The molecule has 0 N–H and O–H groups in total. The molecule has 0 radical (unpaired) electrons. The van der Waals surface area contributed by atoms with Crippen molar-refractivity contribution < 1.29 is 14.6 Å². The van der Waals surface area contributed by atoms with Crippen molar-refractivity contribution in [2.75, 3.05) is 0 Å². The van der Waals surface area contributed by atoms with Crippen LogP contribution < -0.4 is 0 Å². The fourth-order valence-electron chi connectivity index (χ4n) is 1.52. The van der Waals surface area contributed by atoms with Crippen molar-refractivity contribution >= 4 is 28.5 Å². The number of carbonyl (C=O) groups is 1. The molecule has 1 aromatic carbocycles. The van der Waals surface area contributed by atoms with E-state index in [0.29, 0.717) is 4.88 Å². The van der Waals surface area contributed by atoms with Gasteiger partial charge in [0.2, 0.25) is 5.78 Å². The number of hydrogen-bond acceptors (Lipinski definition) is 6. The number of hydrogen-bond donors (Lipinski definition) is 0. The van der Waals surface area contributed by atoms with Gasteiger partial charge in [-0.1, -0.05) is 6.07 Å². The lowest BCUT2D eigenvalue weighted by Gasteiger charge is -1.99. The molecular formula is C11H6N2O5S. The molecule has 0 spiro atoms. The van der Waals surface area contributed by atoms with E-state index < -0.39 is 27.0 Å². The monoisotopic (exact) mass is 278 g/mol. The fourth-order valence-corrected chi connectivity index (χ4v) is 2.20. The van der Waals surface area contributed by atoms with Crippen molar-refractivity contribution in [3.63, 3.8) is 0 Å². The first kappa shape index (κ1) is 12.8. The van der Waals surface area contributed by atoms with Crippen LogP contribution in [0.4, 0.5) is 11.4 Å². The van der Waals surface area contributed by atoms with Crippen molar-refractivity contribution in [2.24, 2.45) is 0 Å². The van der Waals surface area contributed by atoms with E-state index >= 15 is 0 Å². The Balaban J connectivity index is 2.50. The summed E-state index contributed by atoms with van der Waals surface area (Å²) in [5.41, 5.74) is -1.26. The first-order valence-corrected chi connectivity index (χ1v) is 5.89. The lowest BCUT2D eigenvalue weighted by Crippen LogP contribution is -2.02. The number of rotatable bonds is 4. The third kappa shape index (κ3) is 2.47. The lowest BCUT2D eigenvalue weighted by molar-refractivity contribution is -0.422. The second-order valence-corrected chi connectivity index (χ2v) is 4.47. The Morgan fingerprint density at radius 3 is 2.26 bits per heavy atom. The Morgan fingerprint density at radius 1 is 1.05 bits per heavy atom. The molecule has 0 saturated carbocycles. The number of carbonyl (C=O) groups excluding carboxylic acids is 1. The van der Waals surface area contributed by atoms with Gasteiger partial charge in [0, 0.05) is 17.7 Å². The Morgan fingerprint density at radius 2 is 1.74 bits per heavy atom. The molecule has 0 aliphatic carbocycles. The summed E-state index contributed by atoms with van der Waals surface area (Å²) in [5, 5.41) is 23.1. The topological polar surface area (TPSA) is 103 Å². The van der Waals surface area contributed by atoms with Gasteiger partial charge in [0.15, 0.2) is 0 Å². The average molecular weight is 278 g/mol. The number of nitro groups is 2. The van der Waals surface area contributed by atoms with E-state index in [4.69, 9.17) is 0 Å². The van der Waals surface area contributed by atoms with Gasteiger partial charge in [-0.2, -0.15) is 0 Å². The minimum Gasteiger partial charge on any atom is -0.288 e. The molecule has 0 saturated heterocycles. The summed E-state index contributed by atoms with van der Waals surface area (Å²) in [6, 6.07) is 6.38. The van der Waals surface area contributed by atoms with Gasteiger partial charge < -0.3 is 0 Å². The zero-order valence-corrected chi connectivity index (χ0v) is 10.1. The summed E-state index contributed by atoms with van der Waals surface area (Å²) in [7, 11) is 0. The van der Waals surface area contributed by atoms with Gasteiger partial charge >= 0.3 is 11.4 Å². The van der Waals surface area contributed by atoms with E-state index in [1.807, 2.05) is 0 Å². The molecule has 96 valence electrons. The first-order valence-electron chi connectivity index (χ1n) is 5.01. The van der Waals surface area contributed by atoms with E-state index in [0.717, 1.165) is 12.1 Å². The van der Waals surface area contributed by atoms with Crippen LogP contribution in [0.3, 0.4) is 0 Å². The molecule has 8 heteroatoms. The molecule has 7 nitrogen and oxygen atoms in total. The summed E-state index contributed by atoms with van der Waals surface area (Å²) in [6.45, 7) is 0. The number of ketones is 1. The van der Waals surface area contributed by atoms with Crippen molar-refractivity contribution in [1.82, 2.24) is 0 Å². The van der Waals surface area contributed by atoms with Crippen LogP contribution >= 0.6 is 11.3 Å². The Labute approximate surface area is 110 Å². The van der Waals surface area contributed by atoms with Crippen LogP contribution in [0.1, 0.15) is 15.2 Å². The van der Waals surface area contributed by atoms with Gasteiger partial charge in [0.1, 0.15) is 0 Å². The second-order valence-electron chi connectivity index (χ2n) is 3.52. The standard InChI is InChI=1S/C11H6N2O5S/c14-11(10-2-1-5-19-10)7-3-4-8(12(15)16)9(6-7)13(17)18/h1-6H. The number of benzene rings is 1. The molecule has 0 aliphatic rings. The number of thiophene rings is 1. The van der Waals surface area contributed by atoms with E-state index in [1.165, 1.54) is 17.4 Å². The SMILES string of the molecule is O=C(c1ccc([N+](=O)[O-])c([N+](=O)[O-])c1)c1cccs1. The zero-order chi connectivity index (χ0) is 14.0. The molecular weight excluding hydrogens is 272 g/mol. The van der Waals surface area contributed by atoms with Crippen LogP contribution in [0.5, 0.6) is 0 Å². The highest BCUT2D eigenvalue weighted by molar-refractivity contribution is 7.12. The quantitative estimate of drug-likeness (QED) is 0.486. The van der Waals surface area contributed by atoms with Gasteiger partial charge in [-0.15, -0.1) is 11.3 Å². The Kier molecular flexibility index (Phi) is 3.34. The van der Waals surface area contributed by atoms with E-state index in [2.05, 4.69) is 0 Å². The van der Waals surface area contributed by atoms with Gasteiger partial charge in [-0.3, -0.25) is 25.0 Å². The molecule has 0 aliphatic heterocycles. The van der Waals surface area contributed by atoms with Gasteiger partial charge in [0.25, 0.3) is 0 Å². The normalized spacial score (nSPS) is 10.1. The molecule has 0 unspecified atom stereocenters. The molecule has 1 heterocycles. The van der Waals surface area contributed by atoms with Gasteiger partial charge in [0.05, 0.1) is 14.7 Å². The summed E-state index contributed by atoms with van der Waals surface area (Å²) in [6.07, 6.45) is 0. The lowest BCUT2D eigenvalue weighted by atomic mass is 10.1. The minimum absolute atomic E-state index is 0.0553. The summed E-state index contributed by atoms with van der Waals surface area (Å²) < 4.78 is 0. The minimum atomic E-state index is -0.872. The maximum absolute atomic E-state index is 12.0. The molecule has 0 atom stereocenters. The van der Waals surface area contributed by atoms with Crippen molar-refractivity contribution in [3.8, 4) is 0 Å². The van der Waals surface area contributed by atoms with Crippen LogP contribution in [-0.2, 0) is 0 Å². The van der Waals surface area contributed by atoms with Crippen LogP contribution in [-0.4, -0.2) is 15.6 Å². The highest BCUT2D eigenvalue weighted by atomic mass is 32.1. The highest BCUT2D eigenvalue weighted by Gasteiger charge is 2.26. The molecule has 1 aromatic heterocycles. The average Bonchev–Trinajstić information content (AvgIpc) is 2.90. The number of nitrogens with zero attached hydrogens (tertiary/aromatic N) is 2. The molecule has 19 heavy (non-hydrogen) atoms. The second kappa shape index (κ2) is 4.94. The van der Waals surface area contributed by atoms with Crippen LogP contribution in [0.2, 0.25) is 0 Å². The summed E-state index contributed by atoms with van der Waals surface area (Å²) in [4.78, 5) is 32.1. The van der Waals surface area contributed by atoms with Gasteiger partial charge in [-0.05, 0) is 17.5 Å². The highest BCUT2D eigenvalue weighted by Crippen LogP contribution is 2.28. The molecule has 0 bridgehead atoms. The van der Waals surface area contributed by atoms with Crippen LogP contribution in [0.15, 0.2) is 35.7 Å². The van der Waals surface area contributed by atoms with E-state index in [9.17, 15) is 25.0 Å². The summed E-state index contributed by atoms with van der Waals surface area (Å²) in [5.74, 6) is -0.395. The molecule has 0 fully saturated rings. The predicted molar refractivity (Wildman–Crippen MR) is 67.5 cm³/mol. The van der Waals surface area contributed by atoms with E-state index in [1.54, 1.807) is 17.5 Å². The maximum Gasteiger partial charge on any atom is 0.346 e. The first-order chi connectivity index (χ1) is 9.00. The smallest absolute Gasteiger partial charge is 0.288 e. The Hall–Kier alpha value is -2.61. The fraction of sp³-hybridized carbons (Fsp3) is 0. The third-order valence-electron chi connectivity index (χ3n) is 2.38. The molecule has 0 amide bonds. The maximum atomic E-state index is 12.0. The van der Waals surface area contributed by atoms with Crippen LogP contribution in [0, 0.1) is 20.2 Å². The molecule has 2 aromatic rings. The Bertz CT molecular complexity index is 666. The van der Waals surface area contributed by atoms with Crippen molar-refractivity contribution in [1.29, 1.82) is 0 Å². The van der Waals surface area contributed by atoms with Crippen molar-refractivity contribution in [3.05, 3.63) is 66.4 Å². The van der Waals surface area contributed by atoms with Crippen LogP contribution in [0.25, 0.3) is 0 Å². The summed E-state index contributed by atoms with van der Waals surface area (Å²) >= 11 is 1.20. The third-order valence-corrected chi connectivity index (χ3v) is 3.24. The van der Waals surface area contributed by atoms with E-state index in [-0.39, 0.29) is 5.56 Å². The largest absolute Gasteiger partial charge is 0.346 e. The van der Waals surface area contributed by atoms with Gasteiger partial charge in [-0.25, -0.2) is 0 Å². The zero-order valence-electron chi connectivity index (χ0n) is 9.31. The van der Waals surface area contributed by atoms with Crippen molar-refractivity contribution in [2.45, 2.75) is 0 Å².